The first-order valence-corrected chi connectivity index (χ1v) is 10.1. The second-order valence-corrected chi connectivity index (χ2v) is 7.55. The average Bonchev–Trinajstić information content (AvgIpc) is 3.24. The molecule has 1 aromatic carbocycles. The van der Waals surface area contributed by atoms with Gasteiger partial charge in [0.2, 0.25) is 0 Å². The van der Waals surface area contributed by atoms with Crippen LogP contribution in [0.1, 0.15) is 34.9 Å². The molecule has 3 heterocycles. The summed E-state index contributed by atoms with van der Waals surface area (Å²) in [4.78, 5) is 17.2. The molecule has 2 aliphatic heterocycles. The van der Waals surface area contributed by atoms with Crippen LogP contribution in [0.2, 0.25) is 0 Å². The zero-order valence-electron chi connectivity index (χ0n) is 15.9. The fraction of sp³-hybridized carbons (Fsp3) is 0.524. The molecule has 6 nitrogen and oxygen atoms in total. The standard InChI is InChI=1S/C21H29N5O/c27-21(20-9-12-26(23-20)19-7-4-10-22-17-19)25-15-13-24(14-16-25)11-8-18-5-2-1-3-6-18/h1-3,5-6,9,12,19,22H,4,7-8,10-11,13-17H2. The fourth-order valence-corrected chi connectivity index (χ4v) is 3.98. The topological polar surface area (TPSA) is 53.4 Å². The Hall–Kier alpha value is -2.18. The molecule has 1 unspecified atom stereocenters. The number of rotatable bonds is 5. The second-order valence-electron chi connectivity index (χ2n) is 7.55. The maximum absolute atomic E-state index is 12.8. The molecule has 2 fully saturated rings. The Morgan fingerprint density at radius 1 is 1.11 bits per heavy atom. The number of nitrogens with zero attached hydrogens (tertiary/aromatic N) is 4. The van der Waals surface area contributed by atoms with Crippen molar-refractivity contribution >= 4 is 5.91 Å². The van der Waals surface area contributed by atoms with Gasteiger partial charge in [0, 0.05) is 45.5 Å². The van der Waals surface area contributed by atoms with E-state index in [1.807, 2.05) is 21.8 Å². The number of piperidine rings is 1. The quantitative estimate of drug-likeness (QED) is 0.876. The van der Waals surface area contributed by atoms with E-state index in [2.05, 4.69) is 45.6 Å². The van der Waals surface area contributed by atoms with Gasteiger partial charge in [-0.05, 0) is 37.4 Å². The maximum atomic E-state index is 12.8. The van der Waals surface area contributed by atoms with Crippen LogP contribution in [0, 0.1) is 0 Å². The van der Waals surface area contributed by atoms with Crippen LogP contribution < -0.4 is 5.32 Å². The van der Waals surface area contributed by atoms with Crippen molar-refractivity contribution in [3.63, 3.8) is 0 Å². The highest BCUT2D eigenvalue weighted by molar-refractivity contribution is 5.92. The number of nitrogens with one attached hydrogen (secondary N) is 1. The zero-order valence-corrected chi connectivity index (χ0v) is 15.9. The van der Waals surface area contributed by atoms with Crippen LogP contribution in [-0.4, -0.2) is 71.3 Å². The lowest BCUT2D eigenvalue weighted by molar-refractivity contribution is 0.0631. The number of carbonyl (C=O) groups is 1. The summed E-state index contributed by atoms with van der Waals surface area (Å²) in [6, 6.07) is 12.8. The van der Waals surface area contributed by atoms with Crippen molar-refractivity contribution in [2.24, 2.45) is 0 Å². The van der Waals surface area contributed by atoms with Gasteiger partial charge in [0.05, 0.1) is 6.04 Å². The van der Waals surface area contributed by atoms with Gasteiger partial charge in [-0.1, -0.05) is 30.3 Å². The van der Waals surface area contributed by atoms with Gasteiger partial charge in [-0.2, -0.15) is 5.10 Å². The lowest BCUT2D eigenvalue weighted by Gasteiger charge is -2.34. The van der Waals surface area contributed by atoms with E-state index >= 15 is 0 Å². The monoisotopic (exact) mass is 367 g/mol. The first kappa shape index (κ1) is 18.2. The highest BCUT2D eigenvalue weighted by Crippen LogP contribution is 2.16. The molecule has 0 spiro atoms. The molecule has 1 amide bonds. The Bertz CT molecular complexity index is 730. The zero-order chi connectivity index (χ0) is 18.5. The lowest BCUT2D eigenvalue weighted by Crippen LogP contribution is -2.49. The summed E-state index contributed by atoms with van der Waals surface area (Å²) in [5.41, 5.74) is 1.96. The van der Waals surface area contributed by atoms with Crippen LogP contribution >= 0.6 is 0 Å². The molecule has 2 aromatic rings. The predicted octanol–water partition coefficient (Wildman–Crippen LogP) is 1.81. The first-order valence-electron chi connectivity index (χ1n) is 10.1. The van der Waals surface area contributed by atoms with Crippen LogP contribution in [0.5, 0.6) is 0 Å². The molecule has 2 aliphatic rings. The lowest BCUT2D eigenvalue weighted by atomic mass is 10.1. The molecule has 0 radical (unpaired) electrons. The summed E-state index contributed by atoms with van der Waals surface area (Å²) in [5.74, 6) is 0.0697. The number of carbonyl (C=O) groups excluding carboxylic acids is 1. The minimum atomic E-state index is 0.0697. The summed E-state index contributed by atoms with van der Waals surface area (Å²) in [6.07, 6.45) is 5.32. The van der Waals surface area contributed by atoms with Gasteiger partial charge in [-0.25, -0.2) is 0 Å². The van der Waals surface area contributed by atoms with Gasteiger partial charge in [-0.15, -0.1) is 0 Å². The van der Waals surface area contributed by atoms with Crippen molar-refractivity contribution in [2.45, 2.75) is 25.3 Å². The van der Waals surface area contributed by atoms with E-state index in [1.54, 1.807) is 0 Å². The number of amides is 1. The summed E-state index contributed by atoms with van der Waals surface area (Å²) in [7, 11) is 0. The summed E-state index contributed by atoms with van der Waals surface area (Å²) < 4.78 is 1.97. The van der Waals surface area contributed by atoms with E-state index in [-0.39, 0.29) is 5.91 Å². The Kier molecular flexibility index (Phi) is 5.84. The molecular formula is C21H29N5O. The van der Waals surface area contributed by atoms with E-state index in [4.69, 9.17) is 0 Å². The Morgan fingerprint density at radius 2 is 1.93 bits per heavy atom. The Morgan fingerprint density at radius 3 is 2.67 bits per heavy atom. The van der Waals surface area contributed by atoms with E-state index in [1.165, 1.54) is 12.0 Å². The highest BCUT2D eigenvalue weighted by atomic mass is 16.2. The van der Waals surface area contributed by atoms with Crippen LogP contribution in [-0.2, 0) is 6.42 Å². The third-order valence-electron chi connectivity index (χ3n) is 5.69. The number of piperazine rings is 1. The van der Waals surface area contributed by atoms with Gasteiger partial charge in [0.15, 0.2) is 0 Å². The molecule has 6 heteroatoms. The molecule has 2 saturated heterocycles. The molecule has 144 valence electrons. The molecule has 0 saturated carbocycles. The first-order chi connectivity index (χ1) is 13.3. The molecule has 1 atom stereocenters. The van der Waals surface area contributed by atoms with E-state index in [9.17, 15) is 4.79 Å². The molecular weight excluding hydrogens is 338 g/mol. The van der Waals surface area contributed by atoms with E-state index in [0.717, 1.165) is 58.7 Å². The minimum Gasteiger partial charge on any atom is -0.335 e. The largest absolute Gasteiger partial charge is 0.335 e. The third kappa shape index (κ3) is 4.57. The van der Waals surface area contributed by atoms with Crippen LogP contribution in [0.15, 0.2) is 42.6 Å². The number of benzene rings is 1. The summed E-state index contributed by atoms with van der Waals surface area (Å²) >= 11 is 0. The van der Waals surface area contributed by atoms with Gasteiger partial charge in [-0.3, -0.25) is 14.4 Å². The van der Waals surface area contributed by atoms with Crippen molar-refractivity contribution in [1.29, 1.82) is 0 Å². The van der Waals surface area contributed by atoms with Gasteiger partial charge < -0.3 is 10.2 Å². The average molecular weight is 367 g/mol. The SMILES string of the molecule is O=C(c1ccn(C2CCCNC2)n1)N1CCN(CCc2ccccc2)CC1. The molecule has 27 heavy (non-hydrogen) atoms. The number of aromatic nitrogens is 2. The molecule has 1 aromatic heterocycles. The normalized spacial score (nSPS) is 21.3. The molecule has 4 rings (SSSR count). The fourth-order valence-electron chi connectivity index (χ4n) is 3.98. The van der Waals surface area contributed by atoms with E-state index < -0.39 is 0 Å². The van der Waals surface area contributed by atoms with Gasteiger partial charge in [0.25, 0.3) is 5.91 Å². The van der Waals surface area contributed by atoms with Gasteiger partial charge in [0.1, 0.15) is 5.69 Å². The number of hydrogen-bond donors (Lipinski definition) is 1. The van der Waals surface area contributed by atoms with Gasteiger partial charge >= 0.3 is 0 Å². The van der Waals surface area contributed by atoms with Crippen molar-refractivity contribution in [3.05, 3.63) is 53.9 Å². The summed E-state index contributed by atoms with van der Waals surface area (Å²) in [5, 5.41) is 7.98. The smallest absolute Gasteiger partial charge is 0.274 e. The van der Waals surface area contributed by atoms with Crippen LogP contribution in [0.25, 0.3) is 0 Å². The maximum Gasteiger partial charge on any atom is 0.274 e. The molecule has 0 bridgehead atoms. The highest BCUT2D eigenvalue weighted by Gasteiger charge is 2.24. The number of hydrogen-bond acceptors (Lipinski definition) is 4. The Balaban J connectivity index is 1.26. The second kappa shape index (κ2) is 8.67. The minimum absolute atomic E-state index is 0.0697. The van der Waals surface area contributed by atoms with Crippen molar-refractivity contribution in [1.82, 2.24) is 24.9 Å². The van der Waals surface area contributed by atoms with Crippen LogP contribution in [0.3, 0.4) is 0 Å². The third-order valence-corrected chi connectivity index (χ3v) is 5.69. The van der Waals surface area contributed by atoms with Crippen molar-refractivity contribution in [2.75, 3.05) is 45.8 Å². The van der Waals surface area contributed by atoms with Crippen molar-refractivity contribution < 1.29 is 4.79 Å². The van der Waals surface area contributed by atoms with Crippen molar-refractivity contribution in [3.8, 4) is 0 Å². The van der Waals surface area contributed by atoms with Crippen LogP contribution in [0.4, 0.5) is 0 Å². The van der Waals surface area contributed by atoms with E-state index in [0.29, 0.717) is 11.7 Å². The summed E-state index contributed by atoms with van der Waals surface area (Å²) in [6.45, 7) is 6.51. The molecule has 0 aliphatic carbocycles. The predicted molar refractivity (Wildman–Crippen MR) is 106 cm³/mol. The molecule has 1 N–H and O–H groups in total. The Labute approximate surface area is 161 Å².